The Bertz CT molecular complexity index is 2080. The van der Waals surface area contributed by atoms with Gasteiger partial charge in [-0.2, -0.15) is 0 Å². The molecule has 0 saturated carbocycles. The summed E-state index contributed by atoms with van der Waals surface area (Å²) in [5.41, 5.74) is 8.92. The van der Waals surface area contributed by atoms with Crippen LogP contribution in [0.3, 0.4) is 0 Å². The van der Waals surface area contributed by atoms with Crippen molar-refractivity contribution >= 4 is 24.8 Å². The first-order chi connectivity index (χ1) is 21.7. The third-order valence-electron chi connectivity index (χ3n) is 10.1. The van der Waals surface area contributed by atoms with Crippen LogP contribution in [-0.2, 0) is 21.3 Å². The molecule has 0 bridgehead atoms. The zero-order chi connectivity index (χ0) is 29.6. The van der Waals surface area contributed by atoms with Crippen molar-refractivity contribution in [3.8, 4) is 11.1 Å². The molecule has 0 fully saturated rings. The second-order valence-electron chi connectivity index (χ2n) is 12.4. The van der Waals surface area contributed by atoms with Gasteiger partial charge in [-0.25, -0.2) is 0 Å². The smallest absolute Gasteiger partial charge is 1.00 e. The van der Waals surface area contributed by atoms with E-state index in [1.807, 2.05) is 0 Å². The molecule has 0 aromatic heterocycles. The Morgan fingerprint density at radius 1 is 0.587 bits per heavy atom. The average Bonchev–Trinajstić information content (AvgIpc) is 3.75. The molecule has 0 spiro atoms. The zero-order valence-corrected chi connectivity index (χ0v) is 30.1. The van der Waals surface area contributed by atoms with Crippen LogP contribution in [0, 0.1) is 0 Å². The van der Waals surface area contributed by atoms with Gasteiger partial charge in [0.05, 0.1) is 0 Å². The van der Waals surface area contributed by atoms with Crippen molar-refractivity contribution in [3.05, 3.63) is 177 Å². The molecule has 3 atom stereocenters. The van der Waals surface area contributed by atoms with Crippen LogP contribution in [0.5, 0.6) is 0 Å². The van der Waals surface area contributed by atoms with E-state index in [-0.39, 0.29) is 24.8 Å². The molecule has 6 aromatic rings. The van der Waals surface area contributed by atoms with Crippen molar-refractivity contribution < 1.29 is 46.1 Å². The van der Waals surface area contributed by atoms with Gasteiger partial charge in [-0.05, 0) is 0 Å². The first-order valence-electron chi connectivity index (χ1n) is 15.9. The number of rotatable bonds is 6. The van der Waals surface area contributed by atoms with E-state index in [0.717, 1.165) is 6.42 Å². The van der Waals surface area contributed by atoms with Gasteiger partial charge in [0.25, 0.3) is 0 Å². The summed E-state index contributed by atoms with van der Waals surface area (Å²) in [5.74, 6) is 0.732. The van der Waals surface area contributed by atoms with Gasteiger partial charge < -0.3 is 24.8 Å². The van der Waals surface area contributed by atoms with Crippen LogP contribution in [0.4, 0.5) is 0 Å². The van der Waals surface area contributed by atoms with Crippen LogP contribution in [0.2, 0.25) is 0 Å². The number of fused-ring (bicyclic) bond motifs is 8. The van der Waals surface area contributed by atoms with Crippen molar-refractivity contribution in [3.63, 3.8) is 0 Å². The zero-order valence-electron chi connectivity index (χ0n) is 26.1. The van der Waals surface area contributed by atoms with Crippen molar-refractivity contribution in [2.45, 2.75) is 35.7 Å². The summed E-state index contributed by atoms with van der Waals surface area (Å²) in [6, 6.07) is 50.3. The first-order valence-corrected chi connectivity index (χ1v) is 19.8. The van der Waals surface area contributed by atoms with E-state index in [0.29, 0.717) is 15.5 Å². The van der Waals surface area contributed by atoms with Crippen LogP contribution < -0.4 is 24.8 Å². The Kier molecular flexibility index (Phi) is 9.77. The van der Waals surface area contributed by atoms with Crippen molar-refractivity contribution in [2.24, 2.45) is 0 Å². The number of hydrogen-bond donors (Lipinski definition) is 0. The normalized spacial score (nSPS) is 15.5. The number of halogens is 2. The molecular weight excluding hydrogens is 679 g/mol. The molecule has 226 valence electrons. The maximum absolute atomic E-state index is 2.73. The van der Waals surface area contributed by atoms with E-state index in [2.05, 4.69) is 166 Å². The van der Waals surface area contributed by atoms with Crippen molar-refractivity contribution in [2.75, 3.05) is 0 Å². The van der Waals surface area contributed by atoms with Gasteiger partial charge >= 0.3 is 270 Å². The van der Waals surface area contributed by atoms with Gasteiger partial charge in [-0.3, -0.25) is 0 Å². The number of allylic oxidation sites excluding steroid dienone is 4. The topological polar surface area (TPSA) is 0 Å². The summed E-state index contributed by atoms with van der Waals surface area (Å²) in [4.78, 5) is 0. The standard InChI is InChI=1S/C21H13.C17H18.C5H5.2ClH.Zr/c1-2-8-15-14(7-1)13-20-18-11-4-3-9-16(18)17-10-5-6-12-19(17)21(15)20;1-14(16-9-5-3-6-10-16)13-15(2)17-11-7-4-8-12-17;1-2-4-5-3-1;;;/h1-13H;3-12,14-15H,1-2H3;1-3H,4H2;2*1H;/q;;;;;+2/p-2. The third-order valence-corrected chi connectivity index (χ3v) is 19.2. The second-order valence-corrected chi connectivity index (χ2v) is 18.8. The second kappa shape index (κ2) is 13.8. The molecule has 2 aliphatic rings. The molecule has 46 heavy (non-hydrogen) atoms. The molecule has 3 heteroatoms. The SMILES string of the molecule is CC([C](C(C)c1ccccc1)=[Zr+2]([C]1=CC=CC1)[CH]1c2ccccc2-c2c1c1ccccc1c1ccccc21)c1ccccc1.[Cl-].[Cl-]. The predicted octanol–water partition coefficient (Wildman–Crippen LogP) is 5.31. The molecule has 0 amide bonds. The van der Waals surface area contributed by atoms with Crippen molar-refractivity contribution in [1.82, 2.24) is 0 Å². The Morgan fingerprint density at radius 2 is 1.09 bits per heavy atom. The maximum atomic E-state index is 2.51. The van der Waals surface area contributed by atoms with Gasteiger partial charge in [0.15, 0.2) is 0 Å². The van der Waals surface area contributed by atoms with E-state index in [1.165, 1.54) is 43.8 Å². The Balaban J connectivity index is 0.00000186. The minimum absolute atomic E-state index is 0. The Morgan fingerprint density at radius 3 is 1.67 bits per heavy atom. The van der Waals surface area contributed by atoms with E-state index < -0.39 is 21.3 Å². The van der Waals surface area contributed by atoms with Gasteiger partial charge in [0.1, 0.15) is 0 Å². The minimum Gasteiger partial charge on any atom is -1.00 e. The van der Waals surface area contributed by atoms with Gasteiger partial charge in [0, 0.05) is 0 Å². The Hall–Kier alpha value is -3.35. The third kappa shape index (κ3) is 5.41. The molecule has 2 aliphatic carbocycles. The summed E-state index contributed by atoms with van der Waals surface area (Å²) in [5, 5.41) is 5.58. The summed E-state index contributed by atoms with van der Waals surface area (Å²) in [6.07, 6.45) is 8.32. The van der Waals surface area contributed by atoms with Crippen molar-refractivity contribution in [1.29, 1.82) is 0 Å². The summed E-state index contributed by atoms with van der Waals surface area (Å²) < 4.78 is 3.93. The molecular formula is C43H36Cl2Zr. The largest absolute Gasteiger partial charge is 1.00 e. The number of hydrogen-bond acceptors (Lipinski definition) is 0. The average molecular weight is 715 g/mol. The fraction of sp³-hybridized carbons (Fsp3) is 0.140. The fourth-order valence-electron chi connectivity index (χ4n) is 8.06. The van der Waals surface area contributed by atoms with E-state index in [4.69, 9.17) is 0 Å². The van der Waals surface area contributed by atoms with Crippen LogP contribution in [0.1, 0.15) is 58.0 Å². The summed E-state index contributed by atoms with van der Waals surface area (Å²) in [7, 11) is 0. The quantitative estimate of drug-likeness (QED) is 0.205. The Labute approximate surface area is 292 Å². The molecule has 0 aliphatic heterocycles. The minimum atomic E-state index is -2.73. The maximum Gasteiger partial charge on any atom is -1.00 e. The van der Waals surface area contributed by atoms with Gasteiger partial charge in [-0.1, -0.05) is 0 Å². The first kappa shape index (κ1) is 32.6. The molecule has 0 radical (unpaired) electrons. The molecule has 6 aromatic carbocycles. The van der Waals surface area contributed by atoms with Gasteiger partial charge in [0.2, 0.25) is 0 Å². The van der Waals surface area contributed by atoms with E-state index >= 15 is 0 Å². The molecule has 8 rings (SSSR count). The van der Waals surface area contributed by atoms with Crippen LogP contribution in [0.15, 0.2) is 155 Å². The predicted molar refractivity (Wildman–Crippen MR) is 185 cm³/mol. The summed E-state index contributed by atoms with van der Waals surface area (Å²) >= 11 is -2.73. The molecule has 0 nitrogen and oxygen atoms in total. The molecule has 0 heterocycles. The molecule has 0 N–H and O–H groups in total. The van der Waals surface area contributed by atoms with E-state index in [1.54, 1.807) is 17.6 Å². The van der Waals surface area contributed by atoms with Crippen LogP contribution in [0.25, 0.3) is 32.7 Å². The van der Waals surface area contributed by atoms with Crippen LogP contribution >= 0.6 is 0 Å². The molecule has 0 saturated heterocycles. The number of benzene rings is 6. The summed E-state index contributed by atoms with van der Waals surface area (Å²) in [6.45, 7) is 4.99. The fourth-order valence-corrected chi connectivity index (χ4v) is 18.2. The van der Waals surface area contributed by atoms with E-state index in [9.17, 15) is 0 Å². The van der Waals surface area contributed by atoms with Crippen LogP contribution in [-0.4, -0.2) is 3.21 Å². The van der Waals surface area contributed by atoms with Gasteiger partial charge in [-0.15, -0.1) is 0 Å². The monoisotopic (exact) mass is 712 g/mol. The molecule has 3 unspecified atom stereocenters.